The molecule has 0 atom stereocenters. The molecule has 1 heterocycles. The molecule has 1 N–H and O–H groups in total. The fourth-order valence-electron chi connectivity index (χ4n) is 2.38. The van der Waals surface area contributed by atoms with E-state index in [2.05, 4.69) is 48.3 Å². The third kappa shape index (κ3) is 2.99. The molecule has 2 rings (SSSR count). The van der Waals surface area contributed by atoms with Crippen molar-refractivity contribution in [2.24, 2.45) is 0 Å². The second-order valence-corrected chi connectivity index (χ2v) is 5.19. The molecule has 1 aromatic carbocycles. The molecule has 1 aromatic rings. The predicted molar refractivity (Wildman–Crippen MR) is 71.4 cm³/mol. The minimum Gasteiger partial charge on any atom is -0.372 e. The zero-order valence-corrected chi connectivity index (χ0v) is 11.0. The first kappa shape index (κ1) is 12.4. The Morgan fingerprint density at radius 1 is 1.35 bits per heavy atom. The lowest BCUT2D eigenvalue weighted by Gasteiger charge is -2.40. The SMILES string of the molecule is CNCc1ccccc1N1CCOC(C)(C)C1. The summed E-state index contributed by atoms with van der Waals surface area (Å²) in [5.41, 5.74) is 2.64. The van der Waals surface area contributed by atoms with E-state index in [4.69, 9.17) is 4.74 Å². The number of benzene rings is 1. The standard InChI is InChI=1S/C14H22N2O/c1-14(2)11-16(8-9-17-14)13-7-5-4-6-12(13)10-15-3/h4-7,15H,8-11H2,1-3H3. The highest BCUT2D eigenvalue weighted by Gasteiger charge is 2.27. The fourth-order valence-corrected chi connectivity index (χ4v) is 2.38. The average Bonchev–Trinajstić information content (AvgIpc) is 2.29. The quantitative estimate of drug-likeness (QED) is 0.866. The van der Waals surface area contributed by atoms with Crippen LogP contribution in [-0.4, -0.2) is 32.3 Å². The minimum absolute atomic E-state index is 0.0506. The van der Waals surface area contributed by atoms with Crippen LogP contribution in [0.1, 0.15) is 19.4 Å². The normalized spacial score (nSPS) is 19.4. The zero-order chi connectivity index (χ0) is 12.3. The van der Waals surface area contributed by atoms with Crippen molar-refractivity contribution >= 4 is 5.69 Å². The Balaban J connectivity index is 2.21. The van der Waals surface area contributed by atoms with Crippen molar-refractivity contribution < 1.29 is 4.74 Å². The van der Waals surface area contributed by atoms with Gasteiger partial charge in [0.15, 0.2) is 0 Å². The summed E-state index contributed by atoms with van der Waals surface area (Å²) in [6.07, 6.45) is 0. The maximum Gasteiger partial charge on any atom is 0.0801 e. The van der Waals surface area contributed by atoms with Gasteiger partial charge in [0, 0.05) is 25.3 Å². The molecule has 1 aliphatic heterocycles. The van der Waals surface area contributed by atoms with Gasteiger partial charge >= 0.3 is 0 Å². The molecule has 1 aliphatic rings. The van der Waals surface area contributed by atoms with Gasteiger partial charge in [0.2, 0.25) is 0 Å². The number of hydrogen-bond acceptors (Lipinski definition) is 3. The first-order valence-electron chi connectivity index (χ1n) is 6.24. The van der Waals surface area contributed by atoms with Crippen molar-refractivity contribution in [1.82, 2.24) is 5.32 Å². The zero-order valence-electron chi connectivity index (χ0n) is 11.0. The highest BCUT2D eigenvalue weighted by Crippen LogP contribution is 2.26. The summed E-state index contributed by atoms with van der Waals surface area (Å²) in [5, 5.41) is 3.23. The lowest BCUT2D eigenvalue weighted by molar-refractivity contribution is -0.0277. The van der Waals surface area contributed by atoms with Crippen molar-refractivity contribution in [3.8, 4) is 0 Å². The van der Waals surface area contributed by atoms with Crippen LogP contribution >= 0.6 is 0 Å². The number of anilines is 1. The van der Waals surface area contributed by atoms with Crippen LogP contribution < -0.4 is 10.2 Å². The van der Waals surface area contributed by atoms with Crippen LogP contribution in [0.25, 0.3) is 0 Å². The highest BCUT2D eigenvalue weighted by atomic mass is 16.5. The summed E-state index contributed by atoms with van der Waals surface area (Å²) in [6, 6.07) is 8.60. The number of hydrogen-bond donors (Lipinski definition) is 1. The van der Waals surface area contributed by atoms with E-state index >= 15 is 0 Å². The summed E-state index contributed by atoms with van der Waals surface area (Å²) in [7, 11) is 1.99. The lowest BCUT2D eigenvalue weighted by atomic mass is 10.0. The van der Waals surface area contributed by atoms with Crippen molar-refractivity contribution in [1.29, 1.82) is 0 Å². The number of nitrogens with zero attached hydrogens (tertiary/aromatic N) is 1. The van der Waals surface area contributed by atoms with Crippen LogP contribution in [-0.2, 0) is 11.3 Å². The molecule has 0 bridgehead atoms. The van der Waals surface area contributed by atoms with E-state index in [0.717, 1.165) is 26.2 Å². The van der Waals surface area contributed by atoms with E-state index < -0.39 is 0 Å². The number of para-hydroxylation sites is 1. The van der Waals surface area contributed by atoms with Crippen molar-refractivity contribution in [3.05, 3.63) is 29.8 Å². The first-order valence-corrected chi connectivity index (χ1v) is 6.24. The van der Waals surface area contributed by atoms with Crippen molar-refractivity contribution in [3.63, 3.8) is 0 Å². The van der Waals surface area contributed by atoms with Gasteiger partial charge in [-0.05, 0) is 32.5 Å². The molecule has 3 nitrogen and oxygen atoms in total. The summed E-state index contributed by atoms with van der Waals surface area (Å²) in [5.74, 6) is 0. The van der Waals surface area contributed by atoms with Crippen LogP contribution in [0.5, 0.6) is 0 Å². The Hall–Kier alpha value is -1.06. The summed E-state index contributed by atoms with van der Waals surface area (Å²) >= 11 is 0. The molecule has 0 amide bonds. The maximum absolute atomic E-state index is 5.76. The maximum atomic E-state index is 5.76. The molecule has 0 saturated carbocycles. The highest BCUT2D eigenvalue weighted by molar-refractivity contribution is 5.54. The van der Waals surface area contributed by atoms with Crippen LogP contribution in [0, 0.1) is 0 Å². The van der Waals surface area contributed by atoms with Gasteiger partial charge in [-0.3, -0.25) is 0 Å². The number of nitrogens with one attached hydrogen (secondary N) is 1. The Kier molecular flexibility index (Phi) is 3.69. The molecule has 3 heteroatoms. The van der Waals surface area contributed by atoms with E-state index in [-0.39, 0.29) is 5.60 Å². The largest absolute Gasteiger partial charge is 0.372 e. The Bertz CT molecular complexity index is 376. The van der Waals surface area contributed by atoms with Gasteiger partial charge in [0.05, 0.1) is 12.2 Å². The molecule has 0 radical (unpaired) electrons. The van der Waals surface area contributed by atoms with Crippen LogP contribution in [0.15, 0.2) is 24.3 Å². The third-order valence-electron chi connectivity index (χ3n) is 3.13. The predicted octanol–water partition coefficient (Wildman–Crippen LogP) is 2.02. The van der Waals surface area contributed by atoms with Gasteiger partial charge in [0.25, 0.3) is 0 Å². The van der Waals surface area contributed by atoms with E-state index in [9.17, 15) is 0 Å². The summed E-state index contributed by atoms with van der Waals surface area (Å²) in [4.78, 5) is 2.43. The summed E-state index contributed by atoms with van der Waals surface area (Å²) in [6.45, 7) is 7.95. The topological polar surface area (TPSA) is 24.5 Å². The van der Waals surface area contributed by atoms with Crippen molar-refractivity contribution in [2.45, 2.75) is 26.0 Å². The Morgan fingerprint density at radius 2 is 2.12 bits per heavy atom. The second-order valence-electron chi connectivity index (χ2n) is 5.19. The first-order chi connectivity index (χ1) is 8.12. The van der Waals surface area contributed by atoms with Gasteiger partial charge in [-0.15, -0.1) is 0 Å². The molecule has 94 valence electrons. The average molecular weight is 234 g/mol. The molecule has 1 saturated heterocycles. The van der Waals surface area contributed by atoms with Crippen LogP contribution in [0.2, 0.25) is 0 Å². The number of morpholine rings is 1. The smallest absolute Gasteiger partial charge is 0.0801 e. The Morgan fingerprint density at radius 3 is 2.82 bits per heavy atom. The van der Waals surface area contributed by atoms with Crippen LogP contribution in [0.3, 0.4) is 0 Å². The van der Waals surface area contributed by atoms with Gasteiger partial charge < -0.3 is 15.0 Å². The van der Waals surface area contributed by atoms with E-state index in [0.29, 0.717) is 0 Å². The monoisotopic (exact) mass is 234 g/mol. The van der Waals surface area contributed by atoms with Gasteiger partial charge in [-0.25, -0.2) is 0 Å². The summed E-state index contributed by atoms with van der Waals surface area (Å²) < 4.78 is 5.76. The van der Waals surface area contributed by atoms with Crippen LogP contribution in [0.4, 0.5) is 5.69 Å². The van der Waals surface area contributed by atoms with Gasteiger partial charge in [0.1, 0.15) is 0 Å². The molecular formula is C14H22N2O. The van der Waals surface area contributed by atoms with Crippen molar-refractivity contribution in [2.75, 3.05) is 31.6 Å². The molecular weight excluding hydrogens is 212 g/mol. The number of rotatable bonds is 3. The second kappa shape index (κ2) is 5.07. The molecule has 1 fully saturated rings. The Labute approximate surface area is 104 Å². The van der Waals surface area contributed by atoms with E-state index in [1.165, 1.54) is 11.3 Å². The lowest BCUT2D eigenvalue weighted by Crippen LogP contribution is -2.48. The molecule has 0 unspecified atom stereocenters. The van der Waals surface area contributed by atoms with Gasteiger partial charge in [-0.1, -0.05) is 18.2 Å². The van der Waals surface area contributed by atoms with E-state index in [1.54, 1.807) is 0 Å². The fraction of sp³-hybridized carbons (Fsp3) is 0.571. The molecule has 0 spiro atoms. The van der Waals surface area contributed by atoms with E-state index in [1.807, 2.05) is 7.05 Å². The molecule has 0 aromatic heterocycles. The minimum atomic E-state index is -0.0506. The molecule has 0 aliphatic carbocycles. The number of ether oxygens (including phenoxy) is 1. The molecule has 17 heavy (non-hydrogen) atoms. The third-order valence-corrected chi connectivity index (χ3v) is 3.13. The van der Waals surface area contributed by atoms with Gasteiger partial charge in [-0.2, -0.15) is 0 Å².